The molecule has 0 heterocycles. The molecule has 1 saturated carbocycles. The summed E-state index contributed by atoms with van der Waals surface area (Å²) in [6.07, 6.45) is 7.56. The number of rotatable bonds is 1. The van der Waals surface area contributed by atoms with Crippen molar-refractivity contribution in [2.45, 2.75) is 57.5 Å². The predicted octanol–water partition coefficient (Wildman–Crippen LogP) is -1.15. The smallest absolute Gasteiger partial charge is 0.849 e. The molecule has 0 aromatic heterocycles. The van der Waals surface area contributed by atoms with Crippen LogP contribution in [0.25, 0.3) is 0 Å². The third-order valence-electron chi connectivity index (χ3n) is 2.66. The zero-order chi connectivity index (χ0) is 7.45. The van der Waals surface area contributed by atoms with Crippen LogP contribution in [0.5, 0.6) is 0 Å². The van der Waals surface area contributed by atoms with Crippen LogP contribution in [0.15, 0.2) is 0 Å². The topological polar surface area (TPSA) is 23.1 Å². The summed E-state index contributed by atoms with van der Waals surface area (Å²) in [5, 5.41) is 11.7. The van der Waals surface area contributed by atoms with Gasteiger partial charge in [0.2, 0.25) is 0 Å². The van der Waals surface area contributed by atoms with E-state index >= 15 is 0 Å². The molecule has 2 heteroatoms. The Morgan fingerprint density at radius 2 is 1.55 bits per heavy atom. The van der Waals surface area contributed by atoms with Crippen molar-refractivity contribution in [3.63, 3.8) is 0 Å². The molecule has 11 heavy (non-hydrogen) atoms. The Labute approximate surface area is 81.7 Å². The summed E-state index contributed by atoms with van der Waals surface area (Å²) in [6, 6.07) is 0. The Balaban J connectivity index is 0.000001000. The van der Waals surface area contributed by atoms with Gasteiger partial charge < -0.3 is 5.11 Å². The summed E-state index contributed by atoms with van der Waals surface area (Å²) in [4.78, 5) is 0. The molecule has 0 aliphatic heterocycles. The molecule has 1 aliphatic carbocycles. The van der Waals surface area contributed by atoms with Crippen molar-refractivity contribution >= 4 is 0 Å². The zero-order valence-corrected chi connectivity index (χ0v) is 7.86. The van der Waals surface area contributed by atoms with Crippen molar-refractivity contribution in [3.05, 3.63) is 0 Å². The first-order valence-electron chi connectivity index (χ1n) is 4.47. The summed E-state index contributed by atoms with van der Waals surface area (Å²) in [6.45, 7) is 2.03. The summed E-state index contributed by atoms with van der Waals surface area (Å²) in [5.74, 6) is 0. The molecule has 0 aromatic rings. The molecule has 0 N–H and O–H groups in total. The van der Waals surface area contributed by atoms with E-state index in [1.165, 1.54) is 12.8 Å². The van der Waals surface area contributed by atoms with Gasteiger partial charge in [0.05, 0.1) is 0 Å². The van der Waals surface area contributed by atoms with Crippen LogP contribution in [-0.2, 0) is 0 Å². The maximum absolute atomic E-state index is 11.7. The minimum atomic E-state index is -0.545. The molecule has 1 aliphatic rings. The van der Waals surface area contributed by atoms with Gasteiger partial charge in [-0.3, -0.25) is 0 Å². The molecule has 0 amide bonds. The Kier molecular flexibility index (Phi) is 5.51. The third kappa shape index (κ3) is 3.65. The monoisotopic (exact) mass is 148 g/mol. The van der Waals surface area contributed by atoms with Gasteiger partial charge in [0.1, 0.15) is 0 Å². The van der Waals surface area contributed by atoms with E-state index in [0.29, 0.717) is 0 Å². The fraction of sp³-hybridized carbons (Fsp3) is 1.00. The molecular weight excluding hydrogens is 131 g/mol. The number of hydrogen-bond acceptors (Lipinski definition) is 1. The Morgan fingerprint density at radius 1 is 1.09 bits per heavy atom. The van der Waals surface area contributed by atoms with Gasteiger partial charge in [-0.2, -0.15) is 0 Å². The van der Waals surface area contributed by atoms with E-state index in [1.807, 2.05) is 6.92 Å². The summed E-state index contributed by atoms with van der Waals surface area (Å²) in [7, 11) is 0. The van der Waals surface area contributed by atoms with E-state index in [1.54, 1.807) is 0 Å². The van der Waals surface area contributed by atoms with E-state index in [-0.39, 0.29) is 18.9 Å². The van der Waals surface area contributed by atoms with Crippen molar-refractivity contribution in [2.75, 3.05) is 0 Å². The molecule has 0 atom stereocenters. The van der Waals surface area contributed by atoms with Gasteiger partial charge in [-0.05, 0) is 0 Å². The van der Waals surface area contributed by atoms with Crippen LogP contribution in [-0.4, -0.2) is 5.60 Å². The van der Waals surface area contributed by atoms with Gasteiger partial charge >= 0.3 is 18.9 Å². The van der Waals surface area contributed by atoms with Crippen molar-refractivity contribution in [3.8, 4) is 0 Å². The van der Waals surface area contributed by atoms with E-state index < -0.39 is 5.60 Å². The van der Waals surface area contributed by atoms with E-state index in [9.17, 15) is 5.11 Å². The Bertz CT molecular complexity index is 95.7. The van der Waals surface area contributed by atoms with Gasteiger partial charge in [-0.15, -0.1) is 5.60 Å². The largest absolute Gasteiger partial charge is 1.00 e. The normalized spacial score (nSPS) is 23.5. The average molecular weight is 148 g/mol. The minimum Gasteiger partial charge on any atom is -0.849 e. The van der Waals surface area contributed by atoms with Crippen molar-refractivity contribution < 1.29 is 24.0 Å². The number of hydrogen-bond donors (Lipinski definition) is 0. The standard InChI is InChI=1S/C9H17O.Li/c1-2-9(10)7-5-3-4-6-8-9;/h2-8H2,1H3;/q-1;+1. The first-order chi connectivity index (χ1) is 4.77. The Morgan fingerprint density at radius 3 is 1.91 bits per heavy atom. The molecule has 0 saturated heterocycles. The Hall–Kier alpha value is 0.557. The van der Waals surface area contributed by atoms with Crippen molar-refractivity contribution in [2.24, 2.45) is 0 Å². The molecule has 0 radical (unpaired) electrons. The van der Waals surface area contributed by atoms with Crippen LogP contribution < -0.4 is 24.0 Å². The van der Waals surface area contributed by atoms with Crippen LogP contribution in [0.3, 0.4) is 0 Å². The second-order valence-corrected chi connectivity index (χ2v) is 3.45. The van der Waals surface area contributed by atoms with Crippen molar-refractivity contribution in [1.29, 1.82) is 0 Å². The third-order valence-corrected chi connectivity index (χ3v) is 2.66. The van der Waals surface area contributed by atoms with Crippen LogP contribution >= 0.6 is 0 Å². The molecule has 0 spiro atoms. The van der Waals surface area contributed by atoms with E-state index in [0.717, 1.165) is 32.1 Å². The van der Waals surface area contributed by atoms with Crippen LogP contribution in [0.4, 0.5) is 0 Å². The van der Waals surface area contributed by atoms with Gasteiger partial charge in [0.15, 0.2) is 0 Å². The summed E-state index contributed by atoms with van der Waals surface area (Å²) < 4.78 is 0. The maximum Gasteiger partial charge on any atom is 1.00 e. The zero-order valence-electron chi connectivity index (χ0n) is 7.86. The predicted molar refractivity (Wildman–Crippen MR) is 40.7 cm³/mol. The summed E-state index contributed by atoms with van der Waals surface area (Å²) in [5.41, 5.74) is -0.545. The van der Waals surface area contributed by atoms with Crippen LogP contribution in [0, 0.1) is 0 Å². The van der Waals surface area contributed by atoms with E-state index in [4.69, 9.17) is 0 Å². The van der Waals surface area contributed by atoms with Crippen molar-refractivity contribution in [1.82, 2.24) is 0 Å². The van der Waals surface area contributed by atoms with Gasteiger partial charge in [-0.25, -0.2) is 0 Å². The second-order valence-electron chi connectivity index (χ2n) is 3.45. The quantitative estimate of drug-likeness (QED) is 0.340. The molecule has 60 valence electrons. The SMILES string of the molecule is CCC1([O-])CCCCCC1.[Li+]. The van der Waals surface area contributed by atoms with Crippen LogP contribution in [0.2, 0.25) is 0 Å². The fourth-order valence-corrected chi connectivity index (χ4v) is 1.73. The van der Waals surface area contributed by atoms with Gasteiger partial charge in [-0.1, -0.05) is 51.9 Å². The van der Waals surface area contributed by atoms with Crippen LogP contribution in [0.1, 0.15) is 51.9 Å². The molecule has 1 fully saturated rings. The van der Waals surface area contributed by atoms with Gasteiger partial charge in [0, 0.05) is 0 Å². The summed E-state index contributed by atoms with van der Waals surface area (Å²) >= 11 is 0. The molecule has 1 nitrogen and oxygen atoms in total. The molecule has 0 aromatic carbocycles. The first kappa shape index (κ1) is 11.6. The second kappa shape index (κ2) is 5.25. The van der Waals surface area contributed by atoms with Gasteiger partial charge in [0.25, 0.3) is 0 Å². The first-order valence-corrected chi connectivity index (χ1v) is 4.47. The molecule has 0 bridgehead atoms. The fourth-order valence-electron chi connectivity index (χ4n) is 1.73. The van der Waals surface area contributed by atoms with E-state index in [2.05, 4.69) is 0 Å². The maximum atomic E-state index is 11.7. The molecular formula is C9H17LiO. The molecule has 0 unspecified atom stereocenters. The minimum absolute atomic E-state index is 0. The average Bonchev–Trinajstić information content (AvgIpc) is 2.15. The molecule has 1 rings (SSSR count).